The van der Waals surface area contributed by atoms with Crippen LogP contribution in [0.15, 0.2) is 66.7 Å². The third-order valence-corrected chi connectivity index (χ3v) is 9.55. The highest BCUT2D eigenvalue weighted by Crippen LogP contribution is 2.45. The molecule has 2 saturated heterocycles. The Morgan fingerprint density at radius 3 is 1.88 bits per heavy atom. The molecule has 2 aliphatic heterocycles. The Morgan fingerprint density at radius 1 is 0.905 bits per heavy atom. The molecule has 2 atom stereocenters. The Hall–Kier alpha value is -2.86. The van der Waals surface area contributed by atoms with Crippen molar-refractivity contribution in [1.29, 1.82) is 0 Å². The van der Waals surface area contributed by atoms with E-state index in [1.54, 1.807) is 30.2 Å². The second kappa shape index (κ2) is 12.4. The van der Waals surface area contributed by atoms with Gasteiger partial charge in [0.15, 0.2) is 5.66 Å². The molecule has 224 valence electrons. The van der Waals surface area contributed by atoms with Crippen LogP contribution in [0, 0.1) is 0 Å². The van der Waals surface area contributed by atoms with Crippen molar-refractivity contribution in [1.82, 2.24) is 19.8 Å². The Labute approximate surface area is 256 Å². The molecule has 0 spiro atoms. The molecular weight excluding hydrogens is 599 g/mol. The Bertz CT molecular complexity index is 1470. The average molecular weight is 634 g/mol. The molecule has 5 rings (SSSR count). The van der Waals surface area contributed by atoms with Crippen LogP contribution in [0.25, 0.3) is 0 Å². The van der Waals surface area contributed by atoms with Crippen LogP contribution in [0.4, 0.5) is 0 Å². The van der Waals surface area contributed by atoms with E-state index < -0.39 is 15.7 Å². The number of hydrogen-bond acceptors (Lipinski definition) is 7. The van der Waals surface area contributed by atoms with Crippen molar-refractivity contribution in [2.24, 2.45) is 0 Å². The second-order valence-corrected chi connectivity index (χ2v) is 13.2. The van der Waals surface area contributed by atoms with Gasteiger partial charge < -0.3 is 14.4 Å². The largest absolute Gasteiger partial charge is 0.497 e. The van der Waals surface area contributed by atoms with E-state index in [0.717, 1.165) is 11.1 Å². The second-order valence-electron chi connectivity index (χ2n) is 10.3. The maximum Gasteiger partial charge on any atom is 0.262 e. The lowest BCUT2D eigenvalue weighted by molar-refractivity contribution is -0.141. The summed E-state index contributed by atoms with van der Waals surface area (Å²) in [5, 5.41) is 8.53. The molecule has 0 saturated carbocycles. The highest BCUT2D eigenvalue weighted by atomic mass is 35.5. The van der Waals surface area contributed by atoms with Gasteiger partial charge in [0.05, 0.1) is 32.1 Å². The summed E-state index contributed by atoms with van der Waals surface area (Å²) in [5.74, 6) is 0.831. The number of nitrogens with zero attached hydrogens (tertiary/aromatic N) is 2. The first-order valence-corrected chi connectivity index (χ1v) is 16.3. The van der Waals surface area contributed by atoms with E-state index in [4.69, 9.17) is 32.7 Å². The number of piperazine rings is 1. The third kappa shape index (κ3) is 6.10. The van der Waals surface area contributed by atoms with Gasteiger partial charge in [0.1, 0.15) is 11.5 Å². The fraction of sp³-hybridized carbons (Fsp3) is 0.367. The van der Waals surface area contributed by atoms with E-state index in [2.05, 4.69) is 10.6 Å². The van der Waals surface area contributed by atoms with E-state index in [1.165, 1.54) is 10.6 Å². The number of sulfonamides is 1. The van der Waals surface area contributed by atoms with Crippen molar-refractivity contribution >= 4 is 39.1 Å². The summed E-state index contributed by atoms with van der Waals surface area (Å²) < 4.78 is 37.4. The standard InChI is InChI=1S/C30H34Cl2N4O5S/c1-4-41-26-14-13-24(40-2)19-25(26)30(29(37)35-15-17-36(18-16-35)42(3,38)39)33-27(20-5-9-22(31)10-6-20)28(34-30)21-7-11-23(32)12-8-21/h5-14,19,27-28,33-34H,4,15-18H2,1-3H3. The topological polar surface area (TPSA) is 100 Å². The molecule has 0 aromatic heterocycles. The van der Waals surface area contributed by atoms with Crippen molar-refractivity contribution in [3.63, 3.8) is 0 Å². The summed E-state index contributed by atoms with van der Waals surface area (Å²) in [7, 11) is -1.80. The first kappa shape index (κ1) is 30.6. The normalized spacial score (nSPS) is 23.1. The first-order valence-electron chi connectivity index (χ1n) is 13.7. The van der Waals surface area contributed by atoms with Crippen LogP contribution in [-0.4, -0.2) is 69.7 Å². The van der Waals surface area contributed by atoms with Gasteiger partial charge in [-0.2, -0.15) is 4.31 Å². The van der Waals surface area contributed by atoms with Gasteiger partial charge in [-0.05, 0) is 60.5 Å². The van der Waals surface area contributed by atoms with Gasteiger partial charge in [-0.15, -0.1) is 0 Å². The van der Waals surface area contributed by atoms with Gasteiger partial charge in [-0.1, -0.05) is 47.5 Å². The molecule has 0 radical (unpaired) electrons. The molecular formula is C30H34Cl2N4O5S. The van der Waals surface area contributed by atoms with E-state index >= 15 is 0 Å². The van der Waals surface area contributed by atoms with E-state index in [0.29, 0.717) is 33.7 Å². The smallest absolute Gasteiger partial charge is 0.262 e. The molecule has 12 heteroatoms. The number of nitrogens with one attached hydrogen (secondary N) is 2. The number of hydrogen-bond donors (Lipinski definition) is 2. The minimum absolute atomic E-state index is 0.207. The molecule has 2 unspecified atom stereocenters. The monoisotopic (exact) mass is 632 g/mol. The Morgan fingerprint density at radius 2 is 1.43 bits per heavy atom. The molecule has 2 N–H and O–H groups in total. The maximum atomic E-state index is 14.8. The van der Waals surface area contributed by atoms with Crippen LogP contribution >= 0.6 is 23.2 Å². The minimum atomic E-state index is -3.38. The van der Waals surface area contributed by atoms with Crippen molar-refractivity contribution < 1.29 is 22.7 Å². The summed E-state index contributed by atoms with van der Waals surface area (Å²) in [6.45, 7) is 3.16. The third-order valence-electron chi connectivity index (χ3n) is 7.74. The lowest BCUT2D eigenvalue weighted by atomic mass is 9.95. The van der Waals surface area contributed by atoms with Crippen LogP contribution in [-0.2, 0) is 20.5 Å². The fourth-order valence-corrected chi connectivity index (χ4v) is 6.71. The number of carbonyl (C=O) groups is 1. The van der Waals surface area contributed by atoms with Gasteiger partial charge in [0.2, 0.25) is 10.0 Å². The molecule has 3 aromatic carbocycles. The summed E-state index contributed by atoms with van der Waals surface area (Å²) in [5.41, 5.74) is 0.948. The number of benzene rings is 3. The van der Waals surface area contributed by atoms with Gasteiger partial charge in [-0.25, -0.2) is 8.42 Å². The van der Waals surface area contributed by atoms with Crippen molar-refractivity contribution in [3.8, 4) is 11.5 Å². The number of carbonyl (C=O) groups excluding carboxylic acids is 1. The molecule has 42 heavy (non-hydrogen) atoms. The van der Waals surface area contributed by atoms with Gasteiger partial charge in [0, 0.05) is 41.8 Å². The van der Waals surface area contributed by atoms with Crippen LogP contribution in [0.3, 0.4) is 0 Å². The zero-order valence-electron chi connectivity index (χ0n) is 23.6. The van der Waals surface area contributed by atoms with Crippen molar-refractivity contribution in [2.75, 3.05) is 46.2 Å². The molecule has 1 amide bonds. The van der Waals surface area contributed by atoms with Crippen LogP contribution in [0.2, 0.25) is 10.0 Å². The van der Waals surface area contributed by atoms with Crippen LogP contribution < -0.4 is 20.1 Å². The quantitative estimate of drug-likeness (QED) is 0.381. The van der Waals surface area contributed by atoms with Crippen LogP contribution in [0.1, 0.15) is 35.7 Å². The highest BCUT2D eigenvalue weighted by molar-refractivity contribution is 7.88. The fourth-order valence-electron chi connectivity index (χ4n) is 5.63. The highest BCUT2D eigenvalue weighted by Gasteiger charge is 2.54. The summed E-state index contributed by atoms with van der Waals surface area (Å²) in [4.78, 5) is 16.5. The molecule has 9 nitrogen and oxygen atoms in total. The minimum Gasteiger partial charge on any atom is -0.497 e. The average Bonchev–Trinajstić information content (AvgIpc) is 3.39. The number of rotatable bonds is 8. The molecule has 2 heterocycles. The lowest BCUT2D eigenvalue weighted by Gasteiger charge is -2.40. The number of ether oxygens (including phenoxy) is 2. The lowest BCUT2D eigenvalue weighted by Crippen LogP contribution is -2.62. The molecule has 2 fully saturated rings. The zero-order chi connectivity index (χ0) is 30.1. The number of amides is 1. The predicted molar refractivity (Wildman–Crippen MR) is 163 cm³/mol. The first-order chi connectivity index (χ1) is 20.1. The summed E-state index contributed by atoms with van der Waals surface area (Å²) >= 11 is 12.5. The zero-order valence-corrected chi connectivity index (χ0v) is 26.0. The van der Waals surface area contributed by atoms with E-state index in [1.807, 2.05) is 55.5 Å². The number of methoxy groups -OCH3 is 1. The molecule has 2 aliphatic rings. The van der Waals surface area contributed by atoms with Crippen molar-refractivity contribution in [3.05, 3.63) is 93.5 Å². The van der Waals surface area contributed by atoms with Crippen LogP contribution in [0.5, 0.6) is 11.5 Å². The predicted octanol–water partition coefficient (Wildman–Crippen LogP) is 4.33. The Balaban J connectivity index is 1.66. The van der Waals surface area contributed by atoms with Gasteiger partial charge >= 0.3 is 0 Å². The molecule has 3 aromatic rings. The van der Waals surface area contributed by atoms with Gasteiger partial charge in [-0.3, -0.25) is 15.4 Å². The van der Waals surface area contributed by atoms with Gasteiger partial charge in [0.25, 0.3) is 5.91 Å². The molecule has 0 aliphatic carbocycles. The molecule has 0 bridgehead atoms. The summed E-state index contributed by atoms with van der Waals surface area (Å²) in [6.07, 6.45) is 1.18. The van der Waals surface area contributed by atoms with E-state index in [9.17, 15) is 13.2 Å². The SMILES string of the molecule is CCOc1ccc(OC)cc1C1(C(=O)N2CCN(S(C)(=O)=O)CC2)NC(c2ccc(Cl)cc2)C(c2ccc(Cl)cc2)N1. The summed E-state index contributed by atoms with van der Waals surface area (Å²) in [6, 6.07) is 19.7. The Kier molecular flexibility index (Phi) is 9.03. The van der Waals surface area contributed by atoms with Crippen molar-refractivity contribution in [2.45, 2.75) is 24.7 Å². The number of halogens is 2. The maximum absolute atomic E-state index is 14.8. The van der Waals surface area contributed by atoms with E-state index in [-0.39, 0.29) is 44.2 Å².